The van der Waals surface area contributed by atoms with E-state index in [0.717, 1.165) is 37.5 Å². The molecule has 0 bridgehead atoms. The van der Waals surface area contributed by atoms with Crippen LogP contribution in [0.15, 0.2) is 16.8 Å². The molecule has 0 spiro atoms. The van der Waals surface area contributed by atoms with Gasteiger partial charge in [0.05, 0.1) is 5.69 Å². The normalized spacial score (nSPS) is 14.9. The van der Waals surface area contributed by atoms with Gasteiger partial charge in [0.2, 0.25) is 0 Å². The SMILES string of the molecule is Cc1noc(C)c1Cc1ccn2c1CNCC2. The first-order chi connectivity index (χ1) is 8.25. The Morgan fingerprint density at radius 3 is 3.12 bits per heavy atom. The molecule has 0 fully saturated rings. The van der Waals surface area contributed by atoms with Crippen LogP contribution in [0.4, 0.5) is 0 Å². The lowest BCUT2D eigenvalue weighted by molar-refractivity contribution is 0.392. The van der Waals surface area contributed by atoms with Crippen LogP contribution in [0.1, 0.15) is 28.3 Å². The summed E-state index contributed by atoms with van der Waals surface area (Å²) in [7, 11) is 0. The fourth-order valence-electron chi connectivity index (χ4n) is 2.49. The summed E-state index contributed by atoms with van der Waals surface area (Å²) in [6.07, 6.45) is 3.11. The van der Waals surface area contributed by atoms with E-state index < -0.39 is 0 Å². The summed E-state index contributed by atoms with van der Waals surface area (Å²) in [5.41, 5.74) is 5.01. The Morgan fingerprint density at radius 1 is 1.47 bits per heavy atom. The van der Waals surface area contributed by atoms with Gasteiger partial charge in [-0.3, -0.25) is 0 Å². The molecule has 2 aromatic rings. The van der Waals surface area contributed by atoms with E-state index in [1.807, 2.05) is 13.8 Å². The molecule has 2 aromatic heterocycles. The molecule has 0 saturated heterocycles. The van der Waals surface area contributed by atoms with E-state index in [1.54, 1.807) is 0 Å². The van der Waals surface area contributed by atoms with Crippen molar-refractivity contribution >= 4 is 0 Å². The Labute approximate surface area is 101 Å². The molecule has 0 unspecified atom stereocenters. The highest BCUT2D eigenvalue weighted by atomic mass is 16.5. The molecule has 4 heteroatoms. The van der Waals surface area contributed by atoms with E-state index in [1.165, 1.54) is 16.8 Å². The van der Waals surface area contributed by atoms with Gasteiger partial charge in [-0.05, 0) is 25.5 Å². The van der Waals surface area contributed by atoms with E-state index in [9.17, 15) is 0 Å². The minimum Gasteiger partial charge on any atom is -0.361 e. The second kappa shape index (κ2) is 4.04. The van der Waals surface area contributed by atoms with Crippen molar-refractivity contribution in [2.45, 2.75) is 33.4 Å². The third-order valence-corrected chi connectivity index (χ3v) is 3.54. The standard InChI is InChI=1S/C13H17N3O/c1-9-12(10(2)17-15-9)7-11-3-5-16-6-4-14-8-13(11)16/h3,5,14H,4,6-8H2,1-2H3. The zero-order valence-corrected chi connectivity index (χ0v) is 10.3. The molecule has 1 aliphatic heterocycles. The lowest BCUT2D eigenvalue weighted by atomic mass is 10.0. The van der Waals surface area contributed by atoms with E-state index in [2.05, 4.69) is 27.3 Å². The van der Waals surface area contributed by atoms with Crippen molar-refractivity contribution in [3.8, 4) is 0 Å². The molecule has 0 atom stereocenters. The Kier molecular flexibility index (Phi) is 2.52. The minimum atomic E-state index is 0.922. The molecule has 3 heterocycles. The van der Waals surface area contributed by atoms with Gasteiger partial charge in [0.25, 0.3) is 0 Å². The Morgan fingerprint density at radius 2 is 2.35 bits per heavy atom. The molecule has 0 radical (unpaired) electrons. The molecular weight excluding hydrogens is 214 g/mol. The monoisotopic (exact) mass is 231 g/mol. The van der Waals surface area contributed by atoms with Crippen LogP contribution < -0.4 is 5.32 Å². The van der Waals surface area contributed by atoms with Crippen LogP contribution in [0.2, 0.25) is 0 Å². The number of fused-ring (bicyclic) bond motifs is 1. The third-order valence-electron chi connectivity index (χ3n) is 3.54. The first kappa shape index (κ1) is 10.6. The summed E-state index contributed by atoms with van der Waals surface area (Å²) < 4.78 is 7.55. The van der Waals surface area contributed by atoms with E-state index in [4.69, 9.17) is 4.52 Å². The lowest BCUT2D eigenvalue weighted by Crippen LogP contribution is -2.28. The zero-order chi connectivity index (χ0) is 11.8. The Bertz CT molecular complexity index is 519. The molecular formula is C13H17N3O. The number of nitrogens with one attached hydrogen (secondary N) is 1. The van der Waals surface area contributed by atoms with E-state index in [0.29, 0.717) is 0 Å². The van der Waals surface area contributed by atoms with E-state index >= 15 is 0 Å². The van der Waals surface area contributed by atoms with Gasteiger partial charge < -0.3 is 14.4 Å². The fourth-order valence-corrected chi connectivity index (χ4v) is 2.49. The average Bonchev–Trinajstić information content (AvgIpc) is 2.88. The zero-order valence-electron chi connectivity index (χ0n) is 10.3. The quantitative estimate of drug-likeness (QED) is 0.856. The molecule has 0 aliphatic carbocycles. The van der Waals surface area contributed by atoms with Crippen LogP contribution in [-0.2, 0) is 19.5 Å². The predicted molar refractivity (Wildman–Crippen MR) is 64.9 cm³/mol. The second-order valence-corrected chi connectivity index (χ2v) is 4.64. The van der Waals surface area contributed by atoms with Gasteiger partial charge in [-0.2, -0.15) is 0 Å². The maximum absolute atomic E-state index is 5.22. The molecule has 90 valence electrons. The molecule has 3 rings (SSSR count). The highest BCUT2D eigenvalue weighted by molar-refractivity contribution is 5.33. The largest absolute Gasteiger partial charge is 0.361 e. The van der Waals surface area contributed by atoms with Crippen LogP contribution in [0.3, 0.4) is 0 Å². The van der Waals surface area contributed by atoms with Crippen molar-refractivity contribution in [2.24, 2.45) is 0 Å². The summed E-state index contributed by atoms with van der Waals surface area (Å²) in [5.74, 6) is 0.936. The van der Waals surface area contributed by atoms with Crippen LogP contribution in [0.25, 0.3) is 0 Å². The minimum absolute atomic E-state index is 0.922. The molecule has 17 heavy (non-hydrogen) atoms. The predicted octanol–water partition coefficient (Wildman–Crippen LogP) is 1.79. The van der Waals surface area contributed by atoms with Gasteiger partial charge in [-0.25, -0.2) is 0 Å². The number of hydrogen-bond acceptors (Lipinski definition) is 3. The Balaban J connectivity index is 1.93. The smallest absolute Gasteiger partial charge is 0.137 e. The molecule has 0 saturated carbocycles. The third kappa shape index (κ3) is 1.78. The number of nitrogens with zero attached hydrogens (tertiary/aromatic N) is 2. The number of aryl methyl sites for hydroxylation is 2. The van der Waals surface area contributed by atoms with Crippen LogP contribution in [-0.4, -0.2) is 16.3 Å². The van der Waals surface area contributed by atoms with Crippen molar-refractivity contribution in [1.82, 2.24) is 15.0 Å². The van der Waals surface area contributed by atoms with Gasteiger partial charge >= 0.3 is 0 Å². The van der Waals surface area contributed by atoms with E-state index in [-0.39, 0.29) is 0 Å². The number of hydrogen-bond donors (Lipinski definition) is 1. The first-order valence-electron chi connectivity index (χ1n) is 6.05. The fraction of sp³-hybridized carbons (Fsp3) is 0.462. The highest BCUT2D eigenvalue weighted by Crippen LogP contribution is 2.21. The molecule has 1 N–H and O–H groups in total. The van der Waals surface area contributed by atoms with Gasteiger partial charge in [0, 0.05) is 43.5 Å². The Hall–Kier alpha value is -1.55. The summed E-state index contributed by atoms with van der Waals surface area (Å²) in [4.78, 5) is 0. The summed E-state index contributed by atoms with van der Waals surface area (Å²) in [6.45, 7) is 7.08. The lowest BCUT2D eigenvalue weighted by Gasteiger charge is -2.18. The average molecular weight is 231 g/mol. The van der Waals surface area contributed by atoms with Gasteiger partial charge in [-0.1, -0.05) is 5.16 Å². The van der Waals surface area contributed by atoms with Crippen molar-refractivity contribution in [2.75, 3.05) is 6.54 Å². The van der Waals surface area contributed by atoms with Crippen molar-refractivity contribution < 1.29 is 4.52 Å². The molecule has 1 aliphatic rings. The van der Waals surface area contributed by atoms with Crippen LogP contribution in [0.5, 0.6) is 0 Å². The summed E-state index contributed by atoms with van der Waals surface area (Å²) in [5, 5.41) is 7.43. The number of rotatable bonds is 2. The van der Waals surface area contributed by atoms with Crippen molar-refractivity contribution in [3.63, 3.8) is 0 Å². The summed E-state index contributed by atoms with van der Waals surface area (Å²) >= 11 is 0. The highest BCUT2D eigenvalue weighted by Gasteiger charge is 2.16. The van der Waals surface area contributed by atoms with Crippen LogP contribution >= 0.6 is 0 Å². The topological polar surface area (TPSA) is 43.0 Å². The molecule has 4 nitrogen and oxygen atoms in total. The second-order valence-electron chi connectivity index (χ2n) is 4.64. The van der Waals surface area contributed by atoms with Gasteiger partial charge in [-0.15, -0.1) is 0 Å². The number of aromatic nitrogens is 2. The van der Waals surface area contributed by atoms with Gasteiger partial charge in [0.1, 0.15) is 5.76 Å². The van der Waals surface area contributed by atoms with Crippen molar-refractivity contribution in [1.29, 1.82) is 0 Å². The van der Waals surface area contributed by atoms with Crippen LogP contribution in [0, 0.1) is 13.8 Å². The molecule has 0 aromatic carbocycles. The summed E-state index contributed by atoms with van der Waals surface area (Å²) in [6, 6.07) is 2.22. The first-order valence-corrected chi connectivity index (χ1v) is 6.05. The van der Waals surface area contributed by atoms with Gasteiger partial charge in [0.15, 0.2) is 0 Å². The van der Waals surface area contributed by atoms with Crippen molar-refractivity contribution in [3.05, 3.63) is 40.5 Å². The molecule has 0 amide bonds. The maximum Gasteiger partial charge on any atom is 0.137 e. The maximum atomic E-state index is 5.22.